The molecule has 3 heterocycles. The number of hydrogen-bond acceptors (Lipinski definition) is 4. The lowest BCUT2D eigenvalue weighted by atomic mass is 9.95. The average Bonchev–Trinajstić information content (AvgIpc) is 3.31. The Labute approximate surface area is 171 Å². The Hall–Kier alpha value is -3.28. The number of aromatic nitrogens is 2. The van der Waals surface area contributed by atoms with Gasteiger partial charge >= 0.3 is 0 Å². The molecule has 0 bridgehead atoms. The van der Waals surface area contributed by atoms with Crippen molar-refractivity contribution in [3.8, 4) is 11.4 Å². The number of hydrogen-bond donors (Lipinski definition) is 1. The zero-order chi connectivity index (χ0) is 20.1. The summed E-state index contributed by atoms with van der Waals surface area (Å²) in [6.45, 7) is 4.25. The fraction of sp³-hybridized carbons (Fsp3) is 0.304. The van der Waals surface area contributed by atoms with Gasteiger partial charge < -0.3 is 19.5 Å². The Morgan fingerprint density at radius 1 is 1.10 bits per heavy atom. The maximum atomic E-state index is 12.6. The number of ether oxygens (including phenoxy) is 1. The van der Waals surface area contributed by atoms with E-state index in [0.29, 0.717) is 6.61 Å². The minimum absolute atomic E-state index is 0.0250. The Morgan fingerprint density at radius 2 is 1.83 bits per heavy atom. The van der Waals surface area contributed by atoms with Gasteiger partial charge in [-0.05, 0) is 68.3 Å². The molecule has 6 heteroatoms. The Kier molecular flexibility index (Phi) is 5.79. The van der Waals surface area contributed by atoms with Crippen molar-refractivity contribution in [2.75, 3.05) is 29.9 Å². The summed E-state index contributed by atoms with van der Waals surface area (Å²) in [6, 6.07) is 15.6. The molecule has 150 valence electrons. The van der Waals surface area contributed by atoms with Crippen LogP contribution >= 0.6 is 0 Å². The standard InChI is InChI=1S/C23H26N4O2/c1-2-29-21-8-5-19(6-9-21)25-23(28)18-11-15-27(16-12-18)22-10-7-20(17-24-22)26-13-3-4-14-26/h3-10,13-14,17-18H,2,11-12,15-16H2,1H3,(H,25,28). The van der Waals surface area contributed by atoms with Crippen LogP contribution in [0.2, 0.25) is 0 Å². The smallest absolute Gasteiger partial charge is 0.227 e. The van der Waals surface area contributed by atoms with E-state index in [0.717, 1.165) is 48.9 Å². The molecular weight excluding hydrogens is 364 g/mol. The van der Waals surface area contributed by atoms with Crippen LogP contribution in [-0.2, 0) is 4.79 Å². The van der Waals surface area contributed by atoms with Crippen LogP contribution in [0.4, 0.5) is 11.5 Å². The molecule has 0 unspecified atom stereocenters. The third kappa shape index (κ3) is 4.59. The number of carbonyl (C=O) groups excluding carboxylic acids is 1. The lowest BCUT2D eigenvalue weighted by Crippen LogP contribution is -2.38. The van der Waals surface area contributed by atoms with Gasteiger partial charge in [0.1, 0.15) is 11.6 Å². The van der Waals surface area contributed by atoms with Crippen molar-refractivity contribution in [3.05, 3.63) is 67.1 Å². The molecule has 6 nitrogen and oxygen atoms in total. The number of amides is 1. The molecule has 4 rings (SSSR count). The summed E-state index contributed by atoms with van der Waals surface area (Å²) < 4.78 is 7.47. The molecule has 0 spiro atoms. The van der Waals surface area contributed by atoms with E-state index in [1.165, 1.54) is 0 Å². The molecule has 2 aromatic heterocycles. The second-order valence-electron chi connectivity index (χ2n) is 7.17. The first-order valence-corrected chi connectivity index (χ1v) is 10.1. The number of piperidine rings is 1. The summed E-state index contributed by atoms with van der Waals surface area (Å²) in [5.74, 6) is 1.89. The van der Waals surface area contributed by atoms with Crippen molar-refractivity contribution >= 4 is 17.4 Å². The minimum Gasteiger partial charge on any atom is -0.494 e. The lowest BCUT2D eigenvalue weighted by molar-refractivity contribution is -0.120. The number of rotatable bonds is 6. The Morgan fingerprint density at radius 3 is 2.45 bits per heavy atom. The van der Waals surface area contributed by atoms with Gasteiger partial charge in [0.25, 0.3) is 0 Å². The highest BCUT2D eigenvalue weighted by Crippen LogP contribution is 2.24. The highest BCUT2D eigenvalue weighted by Gasteiger charge is 2.25. The molecule has 1 fully saturated rings. The third-order valence-electron chi connectivity index (χ3n) is 5.26. The first kappa shape index (κ1) is 19.1. The van der Waals surface area contributed by atoms with E-state index in [9.17, 15) is 4.79 Å². The number of nitrogens with one attached hydrogen (secondary N) is 1. The van der Waals surface area contributed by atoms with E-state index in [1.54, 1.807) is 0 Å². The fourth-order valence-corrected chi connectivity index (χ4v) is 3.64. The zero-order valence-electron chi connectivity index (χ0n) is 16.6. The maximum Gasteiger partial charge on any atom is 0.227 e. The number of nitrogens with zero attached hydrogens (tertiary/aromatic N) is 3. The van der Waals surface area contributed by atoms with Gasteiger partial charge in [0.05, 0.1) is 18.5 Å². The predicted molar refractivity (Wildman–Crippen MR) is 115 cm³/mol. The van der Waals surface area contributed by atoms with Crippen LogP contribution in [0.25, 0.3) is 5.69 Å². The number of pyridine rings is 1. The van der Waals surface area contributed by atoms with E-state index >= 15 is 0 Å². The van der Waals surface area contributed by atoms with Crippen molar-refractivity contribution in [3.63, 3.8) is 0 Å². The van der Waals surface area contributed by atoms with Crippen LogP contribution in [0.15, 0.2) is 67.1 Å². The summed E-state index contributed by atoms with van der Waals surface area (Å²) in [6.07, 6.45) is 7.55. The molecule has 1 aromatic carbocycles. The van der Waals surface area contributed by atoms with Crippen molar-refractivity contribution in [2.24, 2.45) is 5.92 Å². The highest BCUT2D eigenvalue weighted by atomic mass is 16.5. The minimum atomic E-state index is 0.0250. The number of carbonyl (C=O) groups is 1. The summed E-state index contributed by atoms with van der Waals surface area (Å²) in [4.78, 5) is 19.5. The van der Waals surface area contributed by atoms with Crippen LogP contribution < -0.4 is 15.0 Å². The van der Waals surface area contributed by atoms with E-state index in [-0.39, 0.29) is 11.8 Å². The second kappa shape index (κ2) is 8.82. The van der Waals surface area contributed by atoms with Gasteiger partial charge in [-0.2, -0.15) is 0 Å². The second-order valence-corrected chi connectivity index (χ2v) is 7.17. The van der Waals surface area contributed by atoms with E-state index in [2.05, 4.69) is 27.3 Å². The van der Waals surface area contributed by atoms with Gasteiger partial charge in [0.2, 0.25) is 5.91 Å². The summed E-state index contributed by atoms with van der Waals surface area (Å²) in [7, 11) is 0. The Bertz CT molecular complexity index is 913. The maximum absolute atomic E-state index is 12.6. The topological polar surface area (TPSA) is 59.4 Å². The van der Waals surface area contributed by atoms with E-state index in [1.807, 2.05) is 66.5 Å². The van der Waals surface area contributed by atoms with Crippen molar-refractivity contribution in [2.45, 2.75) is 19.8 Å². The monoisotopic (exact) mass is 390 g/mol. The van der Waals surface area contributed by atoms with Gasteiger partial charge in [0, 0.05) is 37.1 Å². The van der Waals surface area contributed by atoms with Gasteiger partial charge in [-0.1, -0.05) is 0 Å². The van der Waals surface area contributed by atoms with Gasteiger partial charge in [-0.25, -0.2) is 4.98 Å². The molecule has 0 radical (unpaired) electrons. The molecule has 0 atom stereocenters. The van der Waals surface area contributed by atoms with Crippen molar-refractivity contribution < 1.29 is 9.53 Å². The summed E-state index contributed by atoms with van der Waals surface area (Å²) in [5.41, 5.74) is 1.85. The average molecular weight is 390 g/mol. The largest absolute Gasteiger partial charge is 0.494 e. The van der Waals surface area contributed by atoms with E-state index in [4.69, 9.17) is 4.74 Å². The molecule has 0 saturated carbocycles. The Balaban J connectivity index is 1.30. The fourth-order valence-electron chi connectivity index (χ4n) is 3.64. The van der Waals surface area contributed by atoms with Gasteiger partial charge in [0.15, 0.2) is 0 Å². The van der Waals surface area contributed by atoms with Crippen LogP contribution in [0.5, 0.6) is 5.75 Å². The normalized spacial score (nSPS) is 14.6. The molecular formula is C23H26N4O2. The summed E-state index contributed by atoms with van der Waals surface area (Å²) >= 11 is 0. The number of benzene rings is 1. The molecule has 29 heavy (non-hydrogen) atoms. The van der Waals surface area contributed by atoms with Gasteiger partial charge in [-0.15, -0.1) is 0 Å². The first-order valence-electron chi connectivity index (χ1n) is 10.1. The molecule has 1 aliphatic rings. The lowest BCUT2D eigenvalue weighted by Gasteiger charge is -2.32. The molecule has 0 aliphatic carbocycles. The van der Waals surface area contributed by atoms with E-state index < -0.39 is 0 Å². The first-order chi connectivity index (χ1) is 14.2. The van der Waals surface area contributed by atoms with Crippen LogP contribution in [0.1, 0.15) is 19.8 Å². The van der Waals surface area contributed by atoms with Crippen LogP contribution in [0, 0.1) is 5.92 Å². The summed E-state index contributed by atoms with van der Waals surface area (Å²) in [5, 5.41) is 3.03. The SMILES string of the molecule is CCOc1ccc(NC(=O)C2CCN(c3ccc(-n4cccc4)cn3)CC2)cc1. The van der Waals surface area contributed by atoms with Crippen molar-refractivity contribution in [1.29, 1.82) is 0 Å². The zero-order valence-corrected chi connectivity index (χ0v) is 16.6. The number of anilines is 2. The third-order valence-corrected chi connectivity index (χ3v) is 5.26. The van der Waals surface area contributed by atoms with Gasteiger partial charge in [-0.3, -0.25) is 4.79 Å². The predicted octanol–water partition coefficient (Wildman–Crippen LogP) is 4.13. The molecule has 1 amide bonds. The van der Waals surface area contributed by atoms with Crippen LogP contribution in [-0.4, -0.2) is 35.2 Å². The van der Waals surface area contributed by atoms with Crippen molar-refractivity contribution in [1.82, 2.24) is 9.55 Å². The molecule has 1 N–H and O–H groups in total. The van der Waals surface area contributed by atoms with Crippen LogP contribution in [0.3, 0.4) is 0 Å². The molecule has 1 saturated heterocycles. The molecule has 3 aromatic rings. The highest BCUT2D eigenvalue weighted by molar-refractivity contribution is 5.92. The quantitative estimate of drug-likeness (QED) is 0.688. The molecule has 1 aliphatic heterocycles.